The first-order chi connectivity index (χ1) is 8.27. The third kappa shape index (κ3) is 4.74. The fraction of sp³-hybridized carbons (Fsp3) is 0.400. The highest BCUT2D eigenvalue weighted by Crippen LogP contribution is 2.15. The number of para-hydroxylation sites is 1. The molecule has 0 fully saturated rings. The van der Waals surface area contributed by atoms with Gasteiger partial charge in [-0.15, -0.1) is 0 Å². The van der Waals surface area contributed by atoms with E-state index in [4.69, 9.17) is 5.26 Å². The van der Waals surface area contributed by atoms with Gasteiger partial charge in [-0.3, -0.25) is 0 Å². The van der Waals surface area contributed by atoms with Gasteiger partial charge in [-0.1, -0.05) is 38.0 Å². The minimum absolute atomic E-state index is 0.863. The summed E-state index contributed by atoms with van der Waals surface area (Å²) in [5.74, 6) is 0. The molecule has 1 rings (SSSR count). The number of anilines is 1. The summed E-state index contributed by atoms with van der Waals surface area (Å²) < 4.78 is 0. The first kappa shape index (κ1) is 13.3. The quantitative estimate of drug-likeness (QED) is 0.575. The van der Waals surface area contributed by atoms with Crippen molar-refractivity contribution < 1.29 is 0 Å². The molecule has 0 saturated carbocycles. The normalized spacial score (nSPS) is 11.6. The average molecular weight is 228 g/mol. The highest BCUT2D eigenvalue weighted by molar-refractivity contribution is 5.49. The number of rotatable bonds is 6. The number of nitrogens with zero attached hydrogens (tertiary/aromatic N) is 1. The number of allylic oxidation sites excluding steroid dienone is 2. The molecule has 0 unspecified atom stereocenters. The highest BCUT2D eigenvalue weighted by atomic mass is 14.9. The van der Waals surface area contributed by atoms with Crippen LogP contribution in [-0.4, -0.2) is 0 Å². The first-order valence-corrected chi connectivity index (χ1v) is 6.19. The molecule has 17 heavy (non-hydrogen) atoms. The van der Waals surface area contributed by atoms with E-state index in [1.54, 1.807) is 0 Å². The van der Waals surface area contributed by atoms with Crippen molar-refractivity contribution in [3.63, 3.8) is 0 Å². The Kier molecular flexibility index (Phi) is 5.88. The van der Waals surface area contributed by atoms with Gasteiger partial charge in [0, 0.05) is 17.0 Å². The Morgan fingerprint density at radius 3 is 2.53 bits per heavy atom. The summed E-state index contributed by atoms with van der Waals surface area (Å²) in [6, 6.07) is 12.3. The van der Waals surface area contributed by atoms with Gasteiger partial charge in [-0.05, 0) is 31.9 Å². The minimum Gasteiger partial charge on any atom is -0.358 e. The number of hydrogen-bond donors (Lipinski definition) is 1. The smallest absolute Gasteiger partial charge is 0.0965 e. The maximum Gasteiger partial charge on any atom is 0.0965 e. The monoisotopic (exact) mass is 228 g/mol. The van der Waals surface area contributed by atoms with Gasteiger partial charge in [0.1, 0.15) is 0 Å². The lowest BCUT2D eigenvalue weighted by atomic mass is 10.1. The van der Waals surface area contributed by atoms with E-state index in [0.29, 0.717) is 0 Å². The molecular weight excluding hydrogens is 208 g/mol. The largest absolute Gasteiger partial charge is 0.358 e. The van der Waals surface area contributed by atoms with E-state index in [2.05, 4.69) is 18.3 Å². The fourth-order valence-electron chi connectivity index (χ4n) is 1.69. The molecule has 0 amide bonds. The van der Waals surface area contributed by atoms with Crippen LogP contribution in [-0.2, 0) is 0 Å². The maximum absolute atomic E-state index is 9.13. The molecule has 0 aliphatic rings. The van der Waals surface area contributed by atoms with Crippen LogP contribution in [0, 0.1) is 11.3 Å². The van der Waals surface area contributed by atoms with Crippen LogP contribution in [0.4, 0.5) is 5.69 Å². The van der Waals surface area contributed by atoms with Crippen molar-refractivity contribution in [3.05, 3.63) is 41.6 Å². The molecule has 1 aromatic carbocycles. The Morgan fingerprint density at radius 2 is 1.94 bits per heavy atom. The van der Waals surface area contributed by atoms with Crippen molar-refractivity contribution in [2.24, 2.45) is 0 Å². The molecule has 0 aliphatic carbocycles. The number of nitriles is 1. The van der Waals surface area contributed by atoms with Crippen molar-refractivity contribution in [1.29, 1.82) is 5.26 Å². The van der Waals surface area contributed by atoms with Gasteiger partial charge in [0.2, 0.25) is 0 Å². The second-order valence-electron chi connectivity index (χ2n) is 4.16. The van der Waals surface area contributed by atoms with Crippen LogP contribution in [0.5, 0.6) is 0 Å². The SMILES string of the molecule is CCCCCC(C#N)=C(C)Nc1ccccc1. The molecule has 1 aromatic rings. The molecule has 0 bridgehead atoms. The predicted molar refractivity (Wildman–Crippen MR) is 72.5 cm³/mol. The highest BCUT2D eigenvalue weighted by Gasteiger charge is 2.02. The molecule has 0 radical (unpaired) electrons. The van der Waals surface area contributed by atoms with Gasteiger partial charge < -0.3 is 5.32 Å². The Labute approximate surface area is 104 Å². The topological polar surface area (TPSA) is 35.8 Å². The van der Waals surface area contributed by atoms with Crippen LogP contribution in [0.1, 0.15) is 39.5 Å². The molecule has 0 spiro atoms. The number of unbranched alkanes of at least 4 members (excludes halogenated alkanes) is 2. The number of nitrogens with one attached hydrogen (secondary N) is 1. The summed E-state index contributed by atoms with van der Waals surface area (Å²) in [5, 5.41) is 12.4. The second-order valence-corrected chi connectivity index (χ2v) is 4.16. The summed E-state index contributed by atoms with van der Waals surface area (Å²) in [6.45, 7) is 4.14. The van der Waals surface area contributed by atoms with Gasteiger partial charge in [0.25, 0.3) is 0 Å². The zero-order chi connectivity index (χ0) is 12.5. The summed E-state index contributed by atoms with van der Waals surface area (Å²) >= 11 is 0. The van der Waals surface area contributed by atoms with Gasteiger partial charge in [-0.2, -0.15) is 5.26 Å². The van der Waals surface area contributed by atoms with Crippen LogP contribution in [0.3, 0.4) is 0 Å². The molecule has 1 N–H and O–H groups in total. The van der Waals surface area contributed by atoms with E-state index >= 15 is 0 Å². The molecule has 2 nitrogen and oxygen atoms in total. The van der Waals surface area contributed by atoms with Gasteiger partial charge in [0.15, 0.2) is 0 Å². The third-order valence-corrected chi connectivity index (χ3v) is 2.72. The van der Waals surface area contributed by atoms with Crippen LogP contribution in [0.15, 0.2) is 41.6 Å². The van der Waals surface area contributed by atoms with Gasteiger partial charge >= 0.3 is 0 Å². The van der Waals surface area contributed by atoms with E-state index in [0.717, 1.165) is 29.8 Å². The zero-order valence-corrected chi connectivity index (χ0v) is 10.7. The summed E-state index contributed by atoms with van der Waals surface area (Å²) in [7, 11) is 0. The predicted octanol–water partition coefficient (Wildman–Crippen LogP) is 4.48. The van der Waals surface area contributed by atoms with Crippen molar-refractivity contribution in [1.82, 2.24) is 0 Å². The molecular formula is C15H20N2. The van der Waals surface area contributed by atoms with Crippen molar-refractivity contribution in [3.8, 4) is 6.07 Å². The van der Waals surface area contributed by atoms with Crippen molar-refractivity contribution in [2.75, 3.05) is 5.32 Å². The minimum atomic E-state index is 0.863. The van der Waals surface area contributed by atoms with Crippen molar-refractivity contribution >= 4 is 5.69 Å². The third-order valence-electron chi connectivity index (χ3n) is 2.72. The lowest BCUT2D eigenvalue weighted by Crippen LogP contribution is -1.99. The lowest BCUT2D eigenvalue weighted by Gasteiger charge is -2.09. The van der Waals surface area contributed by atoms with Gasteiger partial charge in [-0.25, -0.2) is 0 Å². The van der Waals surface area contributed by atoms with Gasteiger partial charge in [0.05, 0.1) is 6.07 Å². The zero-order valence-electron chi connectivity index (χ0n) is 10.7. The van der Waals surface area contributed by atoms with Crippen LogP contribution >= 0.6 is 0 Å². The van der Waals surface area contributed by atoms with E-state index < -0.39 is 0 Å². The molecule has 2 heteroatoms. The molecule has 0 aromatic heterocycles. The first-order valence-electron chi connectivity index (χ1n) is 6.19. The molecule has 0 heterocycles. The molecule has 0 saturated heterocycles. The standard InChI is InChI=1S/C15H20N2/c1-3-4-6-9-14(12-16)13(2)17-15-10-7-5-8-11-15/h5,7-8,10-11,17H,3-4,6,9H2,1-2H3. The Hall–Kier alpha value is -1.75. The molecule has 0 aliphatic heterocycles. The second kappa shape index (κ2) is 7.51. The molecule has 0 atom stereocenters. The Morgan fingerprint density at radius 1 is 1.24 bits per heavy atom. The summed E-state index contributed by atoms with van der Waals surface area (Å²) in [4.78, 5) is 0. The Balaban J connectivity index is 2.63. The van der Waals surface area contributed by atoms with E-state index in [9.17, 15) is 0 Å². The number of hydrogen-bond acceptors (Lipinski definition) is 2. The van der Waals surface area contributed by atoms with E-state index in [-0.39, 0.29) is 0 Å². The number of benzene rings is 1. The van der Waals surface area contributed by atoms with Crippen LogP contribution < -0.4 is 5.32 Å². The molecule has 90 valence electrons. The maximum atomic E-state index is 9.13. The van der Waals surface area contributed by atoms with Crippen molar-refractivity contribution in [2.45, 2.75) is 39.5 Å². The Bertz CT molecular complexity index is 399. The fourth-order valence-corrected chi connectivity index (χ4v) is 1.69. The summed E-state index contributed by atoms with van der Waals surface area (Å²) in [5.41, 5.74) is 2.87. The van der Waals surface area contributed by atoms with Crippen LogP contribution in [0.25, 0.3) is 0 Å². The van der Waals surface area contributed by atoms with Crippen LogP contribution in [0.2, 0.25) is 0 Å². The van der Waals surface area contributed by atoms with E-state index in [1.807, 2.05) is 37.3 Å². The average Bonchev–Trinajstić information content (AvgIpc) is 2.36. The van der Waals surface area contributed by atoms with E-state index in [1.165, 1.54) is 12.8 Å². The lowest BCUT2D eigenvalue weighted by molar-refractivity contribution is 0.718. The summed E-state index contributed by atoms with van der Waals surface area (Å²) in [6.07, 6.45) is 4.33.